The van der Waals surface area contributed by atoms with E-state index in [-0.39, 0.29) is 27.7 Å². The van der Waals surface area contributed by atoms with E-state index in [0.717, 1.165) is 17.0 Å². The fraction of sp³-hybridized carbons (Fsp3) is 0.0667. The average molecular weight is 379 g/mol. The van der Waals surface area contributed by atoms with E-state index in [9.17, 15) is 24.1 Å². The molecule has 23 heavy (non-hydrogen) atoms. The summed E-state index contributed by atoms with van der Waals surface area (Å²) in [5.74, 6) is -1.85. The number of halogens is 2. The third-order valence-corrected chi connectivity index (χ3v) is 4.24. The Bertz CT molecular complexity index is 834. The van der Waals surface area contributed by atoms with Crippen molar-refractivity contribution in [2.45, 2.75) is 6.54 Å². The van der Waals surface area contributed by atoms with Gasteiger partial charge in [0.1, 0.15) is 5.82 Å². The number of nitrogens with zero attached hydrogens (tertiary/aromatic N) is 2. The zero-order valence-corrected chi connectivity index (χ0v) is 13.0. The highest BCUT2D eigenvalue weighted by Crippen LogP contribution is 2.32. The Morgan fingerprint density at radius 3 is 2.22 bits per heavy atom. The van der Waals surface area contributed by atoms with Gasteiger partial charge in [-0.2, -0.15) is 0 Å². The molecule has 0 N–H and O–H groups in total. The van der Waals surface area contributed by atoms with Crippen LogP contribution in [0.4, 0.5) is 10.1 Å². The van der Waals surface area contributed by atoms with E-state index in [0.29, 0.717) is 0 Å². The minimum atomic E-state index is -0.783. The minimum Gasteiger partial charge on any atom is -0.270 e. The Labute approximate surface area is 137 Å². The number of carbonyl (C=O) groups excluding carboxylic acids is 2. The molecular weight excluding hydrogens is 371 g/mol. The molecule has 0 bridgehead atoms. The van der Waals surface area contributed by atoms with E-state index in [1.807, 2.05) is 0 Å². The van der Waals surface area contributed by atoms with E-state index in [4.69, 9.17) is 0 Å². The molecule has 0 aromatic heterocycles. The lowest BCUT2D eigenvalue weighted by Gasteiger charge is -2.15. The van der Waals surface area contributed by atoms with Crippen LogP contribution < -0.4 is 0 Å². The number of benzene rings is 2. The molecule has 0 unspecified atom stereocenters. The summed E-state index contributed by atoms with van der Waals surface area (Å²) >= 11 is 3.05. The molecule has 2 aromatic rings. The van der Waals surface area contributed by atoms with Gasteiger partial charge in [-0.05, 0) is 18.2 Å². The van der Waals surface area contributed by atoms with Crippen molar-refractivity contribution in [3.05, 3.63) is 73.5 Å². The predicted molar refractivity (Wildman–Crippen MR) is 81.4 cm³/mol. The Kier molecular flexibility index (Phi) is 3.69. The molecule has 2 amide bonds. The predicted octanol–water partition coefficient (Wildman–Crippen LogP) is 3.29. The van der Waals surface area contributed by atoms with Gasteiger partial charge in [0.2, 0.25) is 0 Å². The van der Waals surface area contributed by atoms with Crippen LogP contribution in [-0.4, -0.2) is 21.6 Å². The highest BCUT2D eigenvalue weighted by atomic mass is 79.9. The fourth-order valence-electron chi connectivity index (χ4n) is 2.45. The molecule has 2 aromatic carbocycles. The van der Waals surface area contributed by atoms with Gasteiger partial charge in [-0.15, -0.1) is 0 Å². The first kappa shape index (κ1) is 15.3. The Balaban J connectivity index is 2.03. The number of carbonyl (C=O) groups is 2. The summed E-state index contributed by atoms with van der Waals surface area (Å²) in [6.45, 7) is -0.316. The van der Waals surface area contributed by atoms with Crippen molar-refractivity contribution in [3.63, 3.8) is 0 Å². The van der Waals surface area contributed by atoms with Crippen LogP contribution in [0.5, 0.6) is 0 Å². The number of nitro groups is 1. The molecule has 0 atom stereocenters. The van der Waals surface area contributed by atoms with Crippen LogP contribution in [0.3, 0.4) is 0 Å². The van der Waals surface area contributed by atoms with Crippen molar-refractivity contribution >= 4 is 33.4 Å². The topological polar surface area (TPSA) is 80.5 Å². The van der Waals surface area contributed by atoms with Crippen LogP contribution in [-0.2, 0) is 6.54 Å². The summed E-state index contributed by atoms with van der Waals surface area (Å²) < 4.78 is 13.5. The largest absolute Gasteiger partial charge is 0.278 e. The standard InChI is InChI=1S/C15H8BrFN2O4/c16-12-5-8(17)6-13(19(22)23)11(12)7-18-14(20)9-3-1-2-4-10(9)15(18)21/h1-6H,7H2. The Morgan fingerprint density at radius 2 is 1.70 bits per heavy atom. The quantitative estimate of drug-likeness (QED) is 0.466. The molecule has 0 saturated heterocycles. The smallest absolute Gasteiger partial charge is 0.270 e. The molecule has 1 heterocycles. The van der Waals surface area contributed by atoms with Crippen LogP contribution >= 0.6 is 15.9 Å². The van der Waals surface area contributed by atoms with Crippen molar-refractivity contribution in [2.75, 3.05) is 0 Å². The highest BCUT2D eigenvalue weighted by Gasteiger charge is 2.36. The van der Waals surface area contributed by atoms with E-state index >= 15 is 0 Å². The van der Waals surface area contributed by atoms with Gasteiger partial charge in [-0.3, -0.25) is 24.6 Å². The number of hydrogen-bond donors (Lipinski definition) is 0. The summed E-state index contributed by atoms with van der Waals surface area (Å²) in [6.07, 6.45) is 0. The van der Waals surface area contributed by atoms with Gasteiger partial charge in [0.15, 0.2) is 0 Å². The van der Waals surface area contributed by atoms with Crippen LogP contribution in [0.2, 0.25) is 0 Å². The van der Waals surface area contributed by atoms with Gasteiger partial charge < -0.3 is 0 Å². The number of imide groups is 1. The van der Waals surface area contributed by atoms with Gasteiger partial charge in [0.25, 0.3) is 17.5 Å². The third kappa shape index (κ3) is 2.50. The zero-order chi connectivity index (χ0) is 16.7. The molecule has 8 heteroatoms. The molecule has 3 rings (SSSR count). The van der Waals surface area contributed by atoms with Gasteiger partial charge in [-0.1, -0.05) is 28.1 Å². The molecule has 0 saturated carbocycles. The van der Waals surface area contributed by atoms with Crippen molar-refractivity contribution in [3.8, 4) is 0 Å². The molecule has 1 aliphatic rings. The number of rotatable bonds is 3. The van der Waals surface area contributed by atoms with Crippen molar-refractivity contribution < 1.29 is 18.9 Å². The maximum Gasteiger partial charge on any atom is 0.278 e. The van der Waals surface area contributed by atoms with Crippen molar-refractivity contribution in [1.29, 1.82) is 0 Å². The average Bonchev–Trinajstić information content (AvgIpc) is 2.74. The second-order valence-electron chi connectivity index (χ2n) is 4.88. The minimum absolute atomic E-state index is 0.0610. The normalized spacial score (nSPS) is 13.4. The van der Waals surface area contributed by atoms with E-state index in [1.54, 1.807) is 12.1 Å². The van der Waals surface area contributed by atoms with Gasteiger partial charge >= 0.3 is 0 Å². The van der Waals surface area contributed by atoms with Gasteiger partial charge in [-0.25, -0.2) is 4.39 Å². The van der Waals surface area contributed by atoms with Crippen LogP contribution in [0.25, 0.3) is 0 Å². The molecule has 116 valence electrons. The van der Waals surface area contributed by atoms with Crippen LogP contribution in [0.1, 0.15) is 26.3 Å². The maximum absolute atomic E-state index is 13.4. The second-order valence-corrected chi connectivity index (χ2v) is 5.74. The summed E-state index contributed by atoms with van der Waals surface area (Å²) in [4.78, 5) is 35.9. The molecular formula is C15H8BrFN2O4. The zero-order valence-electron chi connectivity index (χ0n) is 11.5. The Hall–Kier alpha value is -2.61. The first-order chi connectivity index (χ1) is 10.9. The summed E-state index contributed by atoms with van der Waals surface area (Å²) in [7, 11) is 0. The molecule has 0 fully saturated rings. The van der Waals surface area contributed by atoms with E-state index in [2.05, 4.69) is 15.9 Å². The molecule has 0 radical (unpaired) electrons. The first-order valence-electron chi connectivity index (χ1n) is 6.47. The van der Waals surface area contributed by atoms with Crippen LogP contribution in [0.15, 0.2) is 40.9 Å². The van der Waals surface area contributed by atoms with Crippen LogP contribution in [0, 0.1) is 15.9 Å². The Morgan fingerprint density at radius 1 is 1.13 bits per heavy atom. The molecule has 6 nitrogen and oxygen atoms in total. The number of nitro benzene ring substituents is 1. The number of hydrogen-bond acceptors (Lipinski definition) is 4. The summed E-state index contributed by atoms with van der Waals surface area (Å²) in [5, 5.41) is 11.1. The lowest BCUT2D eigenvalue weighted by Crippen LogP contribution is -2.29. The molecule has 1 aliphatic heterocycles. The van der Waals surface area contributed by atoms with Gasteiger partial charge in [0, 0.05) is 4.47 Å². The first-order valence-corrected chi connectivity index (χ1v) is 7.27. The van der Waals surface area contributed by atoms with Crippen molar-refractivity contribution in [1.82, 2.24) is 4.90 Å². The monoisotopic (exact) mass is 378 g/mol. The third-order valence-electron chi connectivity index (χ3n) is 3.53. The summed E-state index contributed by atoms with van der Waals surface area (Å²) in [5.41, 5.74) is 0.0658. The number of amides is 2. The molecule has 0 spiro atoms. The highest BCUT2D eigenvalue weighted by molar-refractivity contribution is 9.10. The SMILES string of the molecule is O=C1c2ccccc2C(=O)N1Cc1c(Br)cc(F)cc1[N+](=O)[O-]. The lowest BCUT2D eigenvalue weighted by molar-refractivity contribution is -0.385. The van der Waals surface area contributed by atoms with Crippen molar-refractivity contribution in [2.24, 2.45) is 0 Å². The van der Waals surface area contributed by atoms with E-state index < -0.39 is 28.2 Å². The lowest BCUT2D eigenvalue weighted by atomic mass is 10.1. The van der Waals surface area contributed by atoms with Gasteiger partial charge in [0.05, 0.1) is 34.2 Å². The fourth-order valence-corrected chi connectivity index (χ4v) is 3.00. The maximum atomic E-state index is 13.4. The second kappa shape index (κ2) is 5.54. The van der Waals surface area contributed by atoms with E-state index in [1.165, 1.54) is 12.1 Å². The summed E-state index contributed by atoms with van der Waals surface area (Å²) in [6, 6.07) is 8.11. The molecule has 0 aliphatic carbocycles. The number of fused-ring (bicyclic) bond motifs is 1.